The molecule has 0 heterocycles. The maximum atomic E-state index is 12.7. The van der Waals surface area contributed by atoms with Crippen LogP contribution in [0.25, 0.3) is 5.57 Å². The van der Waals surface area contributed by atoms with Crippen LogP contribution in [0.3, 0.4) is 0 Å². The molecule has 0 aliphatic rings. The molecule has 0 fully saturated rings. The molecular formula is C24H18O2. The summed E-state index contributed by atoms with van der Waals surface area (Å²) in [5.41, 5.74) is 2.60. The first-order valence-electron chi connectivity index (χ1n) is 8.35. The van der Waals surface area contributed by atoms with E-state index in [2.05, 4.69) is 11.8 Å². The van der Waals surface area contributed by atoms with E-state index in [9.17, 15) is 9.90 Å². The van der Waals surface area contributed by atoms with E-state index in [1.165, 1.54) is 0 Å². The van der Waals surface area contributed by atoms with Crippen molar-refractivity contribution in [3.8, 4) is 11.8 Å². The highest BCUT2D eigenvalue weighted by molar-refractivity contribution is 6.06. The van der Waals surface area contributed by atoms with Crippen molar-refractivity contribution in [1.29, 1.82) is 0 Å². The zero-order valence-corrected chi connectivity index (χ0v) is 14.2. The van der Waals surface area contributed by atoms with Crippen molar-refractivity contribution in [1.82, 2.24) is 0 Å². The number of carbonyl (C=O) groups is 1. The van der Waals surface area contributed by atoms with Crippen LogP contribution >= 0.6 is 0 Å². The third kappa shape index (κ3) is 4.36. The number of benzene rings is 3. The molecule has 3 aromatic rings. The third-order valence-electron chi connectivity index (χ3n) is 3.93. The van der Waals surface area contributed by atoms with Gasteiger partial charge in [-0.2, -0.15) is 0 Å². The average Bonchev–Trinajstić information content (AvgIpc) is 2.72. The molecule has 3 rings (SSSR count). The normalized spacial score (nSPS) is 12.0. The number of aliphatic hydroxyl groups is 1. The Morgan fingerprint density at radius 3 is 1.85 bits per heavy atom. The number of aliphatic hydroxyl groups excluding tert-OH is 1. The molecule has 26 heavy (non-hydrogen) atoms. The first kappa shape index (κ1) is 17.4. The lowest BCUT2D eigenvalue weighted by Crippen LogP contribution is -2.22. The molecule has 0 amide bonds. The number of rotatable bonds is 4. The molecule has 0 aliphatic heterocycles. The van der Waals surface area contributed by atoms with Crippen molar-refractivity contribution < 1.29 is 9.90 Å². The summed E-state index contributed by atoms with van der Waals surface area (Å²) < 4.78 is 0. The Bertz CT molecular complexity index is 947. The quantitative estimate of drug-likeness (QED) is 0.567. The lowest BCUT2D eigenvalue weighted by atomic mass is 9.94. The lowest BCUT2D eigenvalue weighted by molar-refractivity contribution is 0.0833. The van der Waals surface area contributed by atoms with Crippen LogP contribution < -0.4 is 0 Å². The van der Waals surface area contributed by atoms with E-state index in [4.69, 9.17) is 0 Å². The Morgan fingerprint density at radius 1 is 0.769 bits per heavy atom. The van der Waals surface area contributed by atoms with Crippen LogP contribution in [-0.4, -0.2) is 17.0 Å². The average molecular weight is 338 g/mol. The second-order valence-electron chi connectivity index (χ2n) is 5.73. The SMILES string of the molecule is O=C(c1ccccc1)[C@H](O)/C(=C/C#Cc1ccccc1)c1ccccc1. The fraction of sp³-hybridized carbons (Fsp3) is 0.0417. The summed E-state index contributed by atoms with van der Waals surface area (Å²) in [6.07, 6.45) is 0.346. The molecule has 0 saturated carbocycles. The Hall–Kier alpha value is -3.41. The van der Waals surface area contributed by atoms with Gasteiger partial charge in [-0.1, -0.05) is 90.7 Å². The van der Waals surface area contributed by atoms with Gasteiger partial charge in [-0.15, -0.1) is 0 Å². The van der Waals surface area contributed by atoms with Gasteiger partial charge in [0.15, 0.2) is 5.78 Å². The maximum absolute atomic E-state index is 12.7. The van der Waals surface area contributed by atoms with Crippen LogP contribution in [0.5, 0.6) is 0 Å². The Balaban J connectivity index is 1.95. The number of allylic oxidation sites excluding steroid dienone is 1. The van der Waals surface area contributed by atoms with E-state index in [1.807, 2.05) is 66.7 Å². The monoisotopic (exact) mass is 338 g/mol. The topological polar surface area (TPSA) is 37.3 Å². The summed E-state index contributed by atoms with van der Waals surface area (Å²) >= 11 is 0. The molecule has 1 N–H and O–H groups in total. The van der Waals surface area contributed by atoms with Crippen LogP contribution in [0.4, 0.5) is 0 Å². The summed E-state index contributed by atoms with van der Waals surface area (Å²) in [7, 11) is 0. The van der Waals surface area contributed by atoms with Crippen molar-refractivity contribution in [3.05, 3.63) is 114 Å². The van der Waals surface area contributed by atoms with Crippen LogP contribution in [0.1, 0.15) is 21.5 Å². The summed E-state index contributed by atoms with van der Waals surface area (Å²) in [5.74, 6) is 5.65. The highest BCUT2D eigenvalue weighted by Crippen LogP contribution is 2.21. The third-order valence-corrected chi connectivity index (χ3v) is 3.93. The van der Waals surface area contributed by atoms with Crippen molar-refractivity contribution in [2.24, 2.45) is 0 Å². The van der Waals surface area contributed by atoms with Gasteiger partial charge in [0.1, 0.15) is 6.10 Å². The van der Waals surface area contributed by atoms with Crippen LogP contribution in [0, 0.1) is 11.8 Å². The molecule has 126 valence electrons. The molecule has 0 unspecified atom stereocenters. The summed E-state index contributed by atoms with van der Waals surface area (Å²) in [5, 5.41) is 10.7. The van der Waals surface area contributed by atoms with E-state index in [1.54, 1.807) is 30.3 Å². The molecular weight excluding hydrogens is 320 g/mol. The first-order valence-corrected chi connectivity index (χ1v) is 8.35. The fourth-order valence-electron chi connectivity index (χ4n) is 2.57. The molecule has 2 nitrogen and oxygen atoms in total. The number of carbonyl (C=O) groups excluding carboxylic acids is 1. The standard InChI is InChI=1S/C24H18O2/c25-23(21-16-8-3-9-17-21)24(26)22(20-14-6-2-7-15-20)18-10-13-19-11-4-1-5-12-19/h1-9,11-12,14-18,24,26H/b22-18+/t24-/m1/s1. The highest BCUT2D eigenvalue weighted by Gasteiger charge is 2.22. The smallest absolute Gasteiger partial charge is 0.195 e. The molecule has 2 heteroatoms. The molecule has 0 aromatic heterocycles. The minimum atomic E-state index is -1.27. The van der Waals surface area contributed by atoms with Gasteiger partial charge < -0.3 is 5.11 Å². The first-order chi connectivity index (χ1) is 12.8. The minimum absolute atomic E-state index is 0.345. The van der Waals surface area contributed by atoms with Gasteiger partial charge in [0.25, 0.3) is 0 Å². The predicted molar refractivity (Wildman–Crippen MR) is 105 cm³/mol. The minimum Gasteiger partial charge on any atom is -0.380 e. The van der Waals surface area contributed by atoms with Gasteiger partial charge in [0.2, 0.25) is 0 Å². The molecule has 3 aromatic carbocycles. The molecule has 1 atom stereocenters. The number of Topliss-reactive ketones (excluding diaryl/α,β-unsaturated/α-hetero) is 1. The zero-order valence-electron chi connectivity index (χ0n) is 14.2. The Kier molecular flexibility index (Phi) is 5.77. The van der Waals surface area contributed by atoms with Gasteiger partial charge in [-0.3, -0.25) is 4.79 Å². The summed E-state index contributed by atoms with van der Waals surface area (Å²) in [4.78, 5) is 12.7. The van der Waals surface area contributed by atoms with E-state index in [0.717, 1.165) is 11.1 Å². The number of hydrogen-bond donors (Lipinski definition) is 1. The van der Waals surface area contributed by atoms with E-state index in [0.29, 0.717) is 11.1 Å². The van der Waals surface area contributed by atoms with Gasteiger partial charge in [-0.05, 0) is 23.8 Å². The second-order valence-corrected chi connectivity index (χ2v) is 5.73. The predicted octanol–water partition coefficient (Wildman–Crippen LogP) is 4.37. The van der Waals surface area contributed by atoms with Crippen LogP contribution in [-0.2, 0) is 0 Å². The molecule has 0 spiro atoms. The Morgan fingerprint density at radius 2 is 1.27 bits per heavy atom. The van der Waals surface area contributed by atoms with Gasteiger partial charge in [-0.25, -0.2) is 0 Å². The van der Waals surface area contributed by atoms with E-state index in [-0.39, 0.29) is 5.78 Å². The van der Waals surface area contributed by atoms with Crippen molar-refractivity contribution >= 4 is 11.4 Å². The molecule has 0 saturated heterocycles. The number of hydrogen-bond acceptors (Lipinski definition) is 2. The van der Waals surface area contributed by atoms with E-state index < -0.39 is 6.10 Å². The van der Waals surface area contributed by atoms with Crippen molar-refractivity contribution in [3.63, 3.8) is 0 Å². The highest BCUT2D eigenvalue weighted by atomic mass is 16.3. The van der Waals surface area contributed by atoms with E-state index >= 15 is 0 Å². The number of ketones is 1. The van der Waals surface area contributed by atoms with Crippen molar-refractivity contribution in [2.45, 2.75) is 6.10 Å². The van der Waals surface area contributed by atoms with Gasteiger partial charge in [0.05, 0.1) is 0 Å². The maximum Gasteiger partial charge on any atom is 0.195 e. The van der Waals surface area contributed by atoms with Crippen LogP contribution in [0.15, 0.2) is 97.1 Å². The largest absolute Gasteiger partial charge is 0.380 e. The zero-order chi connectivity index (χ0) is 18.2. The van der Waals surface area contributed by atoms with Gasteiger partial charge in [0, 0.05) is 16.7 Å². The van der Waals surface area contributed by atoms with Crippen LogP contribution in [0.2, 0.25) is 0 Å². The fourth-order valence-corrected chi connectivity index (χ4v) is 2.57. The summed E-state index contributed by atoms with van der Waals surface area (Å²) in [6.45, 7) is 0. The molecule has 0 bridgehead atoms. The lowest BCUT2D eigenvalue weighted by Gasteiger charge is -2.14. The molecule has 0 aliphatic carbocycles. The second kappa shape index (κ2) is 8.62. The summed E-state index contributed by atoms with van der Waals surface area (Å²) in [6, 6.07) is 27.7. The molecule has 0 radical (unpaired) electrons. The van der Waals surface area contributed by atoms with Crippen molar-refractivity contribution in [2.75, 3.05) is 0 Å². The van der Waals surface area contributed by atoms with Gasteiger partial charge >= 0.3 is 0 Å². The Labute approximate surface area is 153 Å².